The highest BCUT2D eigenvalue weighted by Gasteiger charge is 2.30. The van der Waals surface area contributed by atoms with Gasteiger partial charge in [-0.05, 0) is 68.9 Å². The van der Waals surface area contributed by atoms with E-state index in [-0.39, 0.29) is 37.0 Å². The molecule has 4 rings (SSSR count). The van der Waals surface area contributed by atoms with Gasteiger partial charge in [0, 0.05) is 44.1 Å². The fraction of sp³-hybridized carbons (Fsp3) is 0.500. The van der Waals surface area contributed by atoms with Gasteiger partial charge in [-0.2, -0.15) is 0 Å². The van der Waals surface area contributed by atoms with E-state index in [1.807, 2.05) is 13.8 Å². The van der Waals surface area contributed by atoms with Gasteiger partial charge in [-0.1, -0.05) is 19.1 Å². The average Bonchev–Trinajstić information content (AvgIpc) is 3.54. The molecule has 0 spiro atoms. The van der Waals surface area contributed by atoms with Crippen LogP contribution in [0.25, 0.3) is 0 Å². The third kappa shape index (κ3) is 10.7. The Morgan fingerprint density at radius 3 is 2.57 bits per heavy atom. The lowest BCUT2D eigenvalue weighted by Crippen LogP contribution is -2.57. The third-order valence-electron chi connectivity index (χ3n) is 7.94. The van der Waals surface area contributed by atoms with E-state index in [2.05, 4.69) is 31.2 Å². The standard InChI is InChI=1S/C34H46N8O7/c1-22(2)17-27-32(45)38-30(23(3)43)33(46)36-13-5-6-14-41(34(47)25-9-7-12-35-19-25)15-8-16-42-20-26(39-40-42)21-49-29-18-24(31(44)37-27)10-11-28(29)48-4/h7,9-12,18-20,22-23,27,30,43H,5-6,8,13-17,21H2,1-4H3,(H,36,46)(H,37,44)(H,38,45)/t23-,27-,30+/m1/s1. The summed E-state index contributed by atoms with van der Waals surface area (Å²) < 4.78 is 13.1. The summed E-state index contributed by atoms with van der Waals surface area (Å²) in [4.78, 5) is 59.1. The van der Waals surface area contributed by atoms with Crippen molar-refractivity contribution in [2.45, 2.75) is 77.8 Å². The number of pyridine rings is 1. The van der Waals surface area contributed by atoms with E-state index in [0.717, 1.165) is 0 Å². The predicted octanol–water partition coefficient (Wildman–Crippen LogP) is 1.71. The summed E-state index contributed by atoms with van der Waals surface area (Å²) in [5.41, 5.74) is 1.26. The molecule has 0 saturated carbocycles. The molecule has 1 aliphatic heterocycles. The minimum absolute atomic E-state index is 0.0227. The smallest absolute Gasteiger partial charge is 0.255 e. The molecule has 0 saturated heterocycles. The van der Waals surface area contributed by atoms with Crippen LogP contribution in [0.1, 0.15) is 72.9 Å². The Morgan fingerprint density at radius 2 is 1.86 bits per heavy atom. The summed E-state index contributed by atoms with van der Waals surface area (Å²) in [6.07, 6.45) is 5.72. The van der Waals surface area contributed by atoms with Crippen molar-refractivity contribution >= 4 is 23.6 Å². The first-order chi connectivity index (χ1) is 23.5. The number of ether oxygens (including phenoxy) is 2. The number of aromatic nitrogens is 4. The van der Waals surface area contributed by atoms with Crippen LogP contribution < -0.4 is 25.4 Å². The second-order valence-electron chi connectivity index (χ2n) is 12.4. The molecule has 0 unspecified atom stereocenters. The number of carbonyl (C=O) groups is 4. The molecule has 1 aromatic carbocycles. The largest absolute Gasteiger partial charge is 0.493 e. The molecular formula is C34H46N8O7. The van der Waals surface area contributed by atoms with E-state index in [9.17, 15) is 24.3 Å². The first-order valence-corrected chi connectivity index (χ1v) is 16.5. The van der Waals surface area contributed by atoms with Gasteiger partial charge in [0.25, 0.3) is 11.8 Å². The van der Waals surface area contributed by atoms with Crippen LogP contribution >= 0.6 is 0 Å². The van der Waals surface area contributed by atoms with Gasteiger partial charge in [-0.15, -0.1) is 5.10 Å². The van der Waals surface area contributed by atoms with E-state index in [0.29, 0.717) is 61.7 Å². The molecule has 0 radical (unpaired) electrons. The molecule has 4 amide bonds. The minimum Gasteiger partial charge on any atom is -0.493 e. The lowest BCUT2D eigenvalue weighted by atomic mass is 10.0. The zero-order valence-electron chi connectivity index (χ0n) is 28.4. The second kappa shape index (κ2) is 17.9. The Morgan fingerprint density at radius 1 is 1.06 bits per heavy atom. The van der Waals surface area contributed by atoms with E-state index in [4.69, 9.17) is 9.47 Å². The summed E-state index contributed by atoms with van der Waals surface area (Å²) >= 11 is 0. The van der Waals surface area contributed by atoms with Gasteiger partial charge in [0.1, 0.15) is 24.4 Å². The van der Waals surface area contributed by atoms with E-state index >= 15 is 0 Å². The van der Waals surface area contributed by atoms with E-state index in [1.54, 1.807) is 46.2 Å². The van der Waals surface area contributed by atoms with Crippen LogP contribution in [-0.2, 0) is 22.7 Å². The molecule has 4 N–H and O–H groups in total. The molecule has 0 aliphatic carbocycles. The number of nitrogens with one attached hydrogen (secondary N) is 3. The normalized spacial score (nSPS) is 19.5. The number of nitrogens with zero attached hydrogens (tertiary/aromatic N) is 5. The van der Waals surface area contributed by atoms with Crippen molar-refractivity contribution in [3.63, 3.8) is 0 Å². The number of aryl methyl sites for hydroxylation is 1. The summed E-state index contributed by atoms with van der Waals surface area (Å²) in [7, 11) is 1.48. The highest BCUT2D eigenvalue weighted by Crippen LogP contribution is 2.29. The minimum atomic E-state index is -1.25. The van der Waals surface area contributed by atoms with Crippen LogP contribution in [0.3, 0.4) is 0 Å². The third-order valence-corrected chi connectivity index (χ3v) is 7.94. The molecule has 49 heavy (non-hydrogen) atoms. The fourth-order valence-corrected chi connectivity index (χ4v) is 5.36. The number of aliphatic hydroxyl groups is 1. The van der Waals surface area contributed by atoms with Crippen LogP contribution in [0.4, 0.5) is 0 Å². The average molecular weight is 679 g/mol. The van der Waals surface area contributed by atoms with Gasteiger partial charge in [-0.25, -0.2) is 0 Å². The monoisotopic (exact) mass is 678 g/mol. The van der Waals surface area contributed by atoms with Crippen LogP contribution in [0.2, 0.25) is 0 Å². The SMILES string of the molecule is COc1ccc2cc1OCc1cn(nn1)CCCN(C(=O)c1cccnc1)CCCCNC(=O)[C@H]([C@@H](C)O)NC(=O)[C@@H](CC(C)C)NC2=O. The van der Waals surface area contributed by atoms with Crippen molar-refractivity contribution in [2.75, 3.05) is 26.7 Å². The van der Waals surface area contributed by atoms with Crippen LogP contribution in [0, 0.1) is 5.92 Å². The Labute approximate surface area is 285 Å². The lowest BCUT2D eigenvalue weighted by Gasteiger charge is -2.26. The summed E-state index contributed by atoms with van der Waals surface area (Å²) in [5.74, 6) is -1.12. The maximum absolute atomic E-state index is 13.4. The molecule has 15 nitrogen and oxygen atoms in total. The highest BCUT2D eigenvalue weighted by atomic mass is 16.5. The second-order valence-corrected chi connectivity index (χ2v) is 12.4. The van der Waals surface area contributed by atoms with Crippen LogP contribution in [0.5, 0.6) is 11.5 Å². The number of hydrogen-bond acceptors (Lipinski definition) is 10. The Kier molecular flexibility index (Phi) is 13.4. The van der Waals surface area contributed by atoms with Crippen molar-refractivity contribution in [2.24, 2.45) is 5.92 Å². The quantitative estimate of drug-likeness (QED) is 0.309. The van der Waals surface area contributed by atoms with Gasteiger partial charge in [0.15, 0.2) is 11.5 Å². The van der Waals surface area contributed by atoms with E-state index < -0.39 is 35.9 Å². The topological polar surface area (TPSA) is 190 Å². The van der Waals surface area contributed by atoms with Crippen molar-refractivity contribution in [3.8, 4) is 11.5 Å². The van der Waals surface area contributed by atoms with Gasteiger partial charge >= 0.3 is 0 Å². The number of hydrogen-bond donors (Lipinski definition) is 4. The maximum Gasteiger partial charge on any atom is 0.255 e. The Balaban J connectivity index is 1.58. The van der Waals surface area contributed by atoms with Crippen LogP contribution in [-0.4, -0.2) is 98.5 Å². The number of aliphatic hydroxyl groups excluding tert-OH is 1. The van der Waals surface area contributed by atoms with Crippen LogP contribution in [0.15, 0.2) is 48.9 Å². The molecule has 4 bridgehead atoms. The van der Waals surface area contributed by atoms with Gasteiger partial charge < -0.3 is 35.4 Å². The van der Waals surface area contributed by atoms with Gasteiger partial charge in [0.05, 0.1) is 25.0 Å². The summed E-state index contributed by atoms with van der Waals surface area (Å²) in [6, 6.07) is 5.86. The molecule has 3 aromatic rings. The molecule has 2 aromatic heterocycles. The number of methoxy groups -OCH3 is 1. The molecule has 15 heteroatoms. The van der Waals surface area contributed by atoms with Crippen molar-refractivity contribution < 1.29 is 33.8 Å². The summed E-state index contributed by atoms with van der Waals surface area (Å²) in [5, 5.41) is 27.0. The highest BCUT2D eigenvalue weighted by molar-refractivity contribution is 5.99. The first-order valence-electron chi connectivity index (χ1n) is 16.5. The number of fused-ring (bicyclic) bond motifs is 4. The van der Waals surface area contributed by atoms with Crippen molar-refractivity contribution in [1.29, 1.82) is 0 Å². The number of benzene rings is 1. The van der Waals surface area contributed by atoms with E-state index in [1.165, 1.54) is 26.3 Å². The zero-order chi connectivity index (χ0) is 35.3. The predicted molar refractivity (Wildman–Crippen MR) is 179 cm³/mol. The van der Waals surface area contributed by atoms with Gasteiger partial charge in [-0.3, -0.25) is 28.8 Å². The number of carbonyl (C=O) groups excluding carboxylic acids is 4. The molecule has 1 aliphatic rings. The molecule has 264 valence electrons. The fourth-order valence-electron chi connectivity index (χ4n) is 5.36. The number of rotatable bonds is 5. The van der Waals surface area contributed by atoms with Gasteiger partial charge in [0.2, 0.25) is 11.8 Å². The summed E-state index contributed by atoms with van der Waals surface area (Å²) in [6.45, 7) is 6.94. The first kappa shape index (κ1) is 36.8. The zero-order valence-corrected chi connectivity index (χ0v) is 28.4. The van der Waals surface area contributed by atoms with Crippen molar-refractivity contribution in [1.82, 2.24) is 40.8 Å². The molecule has 0 fully saturated rings. The van der Waals surface area contributed by atoms with Crippen molar-refractivity contribution in [3.05, 3.63) is 65.7 Å². The maximum atomic E-state index is 13.4. The molecular weight excluding hydrogens is 632 g/mol. The Hall–Kier alpha value is -5.05. The molecule has 3 heterocycles. The Bertz CT molecular complexity index is 1560. The molecule has 3 atom stereocenters. The number of amides is 4. The lowest BCUT2D eigenvalue weighted by molar-refractivity contribution is -0.132.